The van der Waals surface area contributed by atoms with Crippen LogP contribution in [0.2, 0.25) is 0 Å². The maximum atomic E-state index is 5.12. The first-order valence-corrected chi connectivity index (χ1v) is 12.7. The molecule has 0 bridgehead atoms. The standard InChI is InChI=1S/C31H29NS/c1-18(2)15-20-13-14-22-21(17-20)16-19(3)32-29(22)24-10-8-11-25-27(24)30-28(31(25,4)5)23-9-6-7-12-26(23)33-30/h6-14,16-18H,15H2,1-5H3. The lowest BCUT2D eigenvalue weighted by Crippen LogP contribution is -2.14. The summed E-state index contributed by atoms with van der Waals surface area (Å²) >= 11 is 1.93. The molecule has 1 nitrogen and oxygen atoms in total. The van der Waals surface area contributed by atoms with Crippen molar-refractivity contribution >= 4 is 32.2 Å². The first kappa shape index (κ1) is 20.6. The van der Waals surface area contributed by atoms with Crippen LogP contribution in [0.25, 0.3) is 42.6 Å². The summed E-state index contributed by atoms with van der Waals surface area (Å²) in [6, 6.07) is 24.9. The molecule has 0 spiro atoms. The lowest BCUT2D eigenvalue weighted by molar-refractivity contribution is 0.648. The first-order valence-electron chi connectivity index (χ1n) is 11.9. The number of benzene rings is 3. The minimum atomic E-state index is -0.0235. The van der Waals surface area contributed by atoms with Gasteiger partial charge in [-0.15, -0.1) is 11.3 Å². The van der Waals surface area contributed by atoms with E-state index in [1.165, 1.54) is 53.6 Å². The average molecular weight is 448 g/mol. The summed E-state index contributed by atoms with van der Waals surface area (Å²) < 4.78 is 1.37. The lowest BCUT2D eigenvalue weighted by atomic mass is 9.81. The topological polar surface area (TPSA) is 12.9 Å². The number of nitrogens with zero attached hydrogens (tertiary/aromatic N) is 1. The van der Waals surface area contributed by atoms with Gasteiger partial charge in [0.25, 0.3) is 0 Å². The van der Waals surface area contributed by atoms with Gasteiger partial charge >= 0.3 is 0 Å². The van der Waals surface area contributed by atoms with Crippen LogP contribution in [0.4, 0.5) is 0 Å². The minimum Gasteiger partial charge on any atom is -0.252 e. The maximum absolute atomic E-state index is 5.12. The molecule has 0 amide bonds. The molecule has 0 unspecified atom stereocenters. The Kier molecular flexibility index (Phi) is 4.54. The second-order valence-electron chi connectivity index (χ2n) is 10.4. The molecule has 1 aliphatic rings. The van der Waals surface area contributed by atoms with Crippen molar-refractivity contribution in [2.45, 2.75) is 46.5 Å². The van der Waals surface area contributed by atoms with Crippen LogP contribution < -0.4 is 0 Å². The fourth-order valence-electron chi connectivity index (χ4n) is 5.74. The highest BCUT2D eigenvalue weighted by Crippen LogP contribution is 2.57. The highest BCUT2D eigenvalue weighted by atomic mass is 32.1. The Morgan fingerprint density at radius 3 is 2.55 bits per heavy atom. The monoisotopic (exact) mass is 447 g/mol. The molecule has 0 radical (unpaired) electrons. The third-order valence-corrected chi connectivity index (χ3v) is 8.30. The van der Waals surface area contributed by atoms with Crippen molar-refractivity contribution < 1.29 is 0 Å². The van der Waals surface area contributed by atoms with Crippen LogP contribution in [0.1, 0.15) is 50.1 Å². The summed E-state index contributed by atoms with van der Waals surface area (Å²) in [6.07, 6.45) is 1.10. The first-order chi connectivity index (χ1) is 15.8. The van der Waals surface area contributed by atoms with E-state index in [1.54, 1.807) is 0 Å². The second-order valence-corrected chi connectivity index (χ2v) is 11.5. The van der Waals surface area contributed by atoms with Crippen molar-refractivity contribution in [3.05, 3.63) is 89.1 Å². The molecule has 6 rings (SSSR count). The van der Waals surface area contributed by atoms with Crippen LogP contribution in [0.5, 0.6) is 0 Å². The van der Waals surface area contributed by atoms with E-state index in [9.17, 15) is 0 Å². The van der Waals surface area contributed by atoms with Crippen molar-refractivity contribution in [3.8, 4) is 21.7 Å². The van der Waals surface area contributed by atoms with Gasteiger partial charge in [-0.1, -0.05) is 82.3 Å². The summed E-state index contributed by atoms with van der Waals surface area (Å²) in [5, 5.41) is 3.93. The van der Waals surface area contributed by atoms with Crippen LogP contribution in [-0.2, 0) is 11.8 Å². The summed E-state index contributed by atoms with van der Waals surface area (Å²) in [6.45, 7) is 11.4. The lowest BCUT2D eigenvalue weighted by Gasteiger charge is -2.22. The molecule has 164 valence electrons. The smallest absolute Gasteiger partial charge is 0.0790 e. The van der Waals surface area contributed by atoms with Gasteiger partial charge in [-0.05, 0) is 58.9 Å². The molecule has 2 aromatic heterocycles. The average Bonchev–Trinajstić information content (AvgIpc) is 3.26. The van der Waals surface area contributed by atoms with E-state index in [1.807, 2.05) is 11.3 Å². The van der Waals surface area contributed by atoms with Crippen LogP contribution in [0.15, 0.2) is 66.7 Å². The summed E-state index contributed by atoms with van der Waals surface area (Å²) in [4.78, 5) is 6.54. The number of thiophene rings is 1. The van der Waals surface area contributed by atoms with Gasteiger partial charge in [0.15, 0.2) is 0 Å². The molecule has 1 aliphatic carbocycles. The van der Waals surface area contributed by atoms with Gasteiger partial charge < -0.3 is 0 Å². The van der Waals surface area contributed by atoms with Gasteiger partial charge in [0.1, 0.15) is 0 Å². The molecule has 0 N–H and O–H groups in total. The van der Waals surface area contributed by atoms with Crippen molar-refractivity contribution in [1.29, 1.82) is 0 Å². The van der Waals surface area contributed by atoms with Gasteiger partial charge in [0.2, 0.25) is 0 Å². The fraction of sp³-hybridized carbons (Fsp3) is 0.258. The normalized spacial score (nSPS) is 14.2. The van der Waals surface area contributed by atoms with E-state index in [0.717, 1.165) is 17.8 Å². The Bertz CT molecular complexity index is 1550. The largest absolute Gasteiger partial charge is 0.252 e. The maximum Gasteiger partial charge on any atom is 0.0790 e. The van der Waals surface area contributed by atoms with Crippen molar-refractivity contribution in [1.82, 2.24) is 4.98 Å². The molecule has 5 aromatic rings. The zero-order valence-corrected chi connectivity index (χ0v) is 20.8. The molecule has 0 aliphatic heterocycles. The van der Waals surface area contributed by atoms with Gasteiger partial charge in [-0.25, -0.2) is 0 Å². The minimum absolute atomic E-state index is 0.0235. The Balaban J connectivity index is 1.65. The number of pyridine rings is 1. The Morgan fingerprint density at radius 2 is 1.73 bits per heavy atom. The number of fused-ring (bicyclic) bond motifs is 6. The van der Waals surface area contributed by atoms with Crippen LogP contribution in [0.3, 0.4) is 0 Å². The summed E-state index contributed by atoms with van der Waals surface area (Å²) in [5.41, 5.74) is 9.09. The Morgan fingerprint density at radius 1 is 0.909 bits per heavy atom. The highest BCUT2D eigenvalue weighted by Gasteiger charge is 2.40. The predicted octanol–water partition coefficient (Wildman–Crippen LogP) is 8.93. The molecule has 0 saturated carbocycles. The second kappa shape index (κ2) is 7.27. The summed E-state index contributed by atoms with van der Waals surface area (Å²) in [7, 11) is 0. The van der Waals surface area contributed by atoms with Crippen molar-refractivity contribution in [3.63, 3.8) is 0 Å². The van der Waals surface area contributed by atoms with E-state index in [0.29, 0.717) is 5.92 Å². The van der Waals surface area contributed by atoms with E-state index in [2.05, 4.69) is 101 Å². The van der Waals surface area contributed by atoms with Gasteiger partial charge in [0, 0.05) is 37.2 Å². The quantitative estimate of drug-likeness (QED) is 0.269. The number of hydrogen-bond acceptors (Lipinski definition) is 2. The van der Waals surface area contributed by atoms with E-state index in [4.69, 9.17) is 4.98 Å². The molecular weight excluding hydrogens is 418 g/mol. The summed E-state index contributed by atoms with van der Waals surface area (Å²) in [5.74, 6) is 0.649. The van der Waals surface area contributed by atoms with Crippen LogP contribution >= 0.6 is 11.3 Å². The molecule has 2 heteroatoms. The Hall–Kier alpha value is -2.97. The third-order valence-electron chi connectivity index (χ3n) is 7.11. The predicted molar refractivity (Wildman–Crippen MR) is 143 cm³/mol. The van der Waals surface area contributed by atoms with E-state index in [-0.39, 0.29) is 5.41 Å². The molecule has 33 heavy (non-hydrogen) atoms. The van der Waals surface area contributed by atoms with Gasteiger partial charge in [-0.2, -0.15) is 0 Å². The van der Waals surface area contributed by atoms with Crippen LogP contribution in [0, 0.1) is 12.8 Å². The number of aryl methyl sites for hydroxylation is 1. The van der Waals surface area contributed by atoms with Gasteiger partial charge in [-0.3, -0.25) is 4.98 Å². The van der Waals surface area contributed by atoms with Crippen LogP contribution in [-0.4, -0.2) is 4.98 Å². The fourth-order valence-corrected chi connectivity index (χ4v) is 7.17. The molecule has 3 aromatic carbocycles. The molecule has 0 atom stereocenters. The van der Waals surface area contributed by atoms with E-state index >= 15 is 0 Å². The molecule has 0 fully saturated rings. The number of aromatic nitrogens is 1. The van der Waals surface area contributed by atoms with Crippen molar-refractivity contribution in [2.75, 3.05) is 0 Å². The highest BCUT2D eigenvalue weighted by molar-refractivity contribution is 7.22. The van der Waals surface area contributed by atoms with E-state index < -0.39 is 0 Å². The molecule has 2 heterocycles. The number of hydrogen-bond donors (Lipinski definition) is 0. The number of rotatable bonds is 3. The Labute approximate surface area is 200 Å². The SMILES string of the molecule is Cc1cc2cc(CC(C)C)ccc2c(-c2cccc3c2-c2sc4ccccc4c2C3(C)C)n1. The zero-order chi connectivity index (χ0) is 22.9. The zero-order valence-electron chi connectivity index (χ0n) is 20.0. The van der Waals surface area contributed by atoms with Crippen molar-refractivity contribution in [2.24, 2.45) is 5.92 Å². The molecule has 0 saturated heterocycles. The van der Waals surface area contributed by atoms with Gasteiger partial charge in [0.05, 0.1) is 5.69 Å². The molecular formula is C31H29NS. The third kappa shape index (κ3) is 3.08.